The molecule has 2 unspecified atom stereocenters. The maximum Gasteiger partial charge on any atom is -0.0354 e. The molecule has 0 spiro atoms. The molecule has 1 saturated carbocycles. The van der Waals surface area contributed by atoms with E-state index in [1.807, 2.05) is 0 Å². The fourth-order valence-corrected chi connectivity index (χ4v) is 3.32. The molecule has 0 nitrogen and oxygen atoms in total. The lowest BCUT2D eigenvalue weighted by atomic mass is 9.59. The second kappa shape index (κ2) is 4.94. The van der Waals surface area contributed by atoms with Crippen molar-refractivity contribution in [2.75, 3.05) is 0 Å². The molecule has 0 aliphatic heterocycles. The molecule has 1 rings (SSSR count). The third-order valence-electron chi connectivity index (χ3n) is 5.14. The lowest BCUT2D eigenvalue weighted by Gasteiger charge is -2.47. The van der Waals surface area contributed by atoms with Gasteiger partial charge in [-0.3, -0.25) is 0 Å². The lowest BCUT2D eigenvalue weighted by Crippen LogP contribution is -2.37. The smallest absolute Gasteiger partial charge is 0.0354 e. The van der Waals surface area contributed by atoms with Gasteiger partial charge in [-0.15, -0.1) is 0 Å². The molecule has 17 heavy (non-hydrogen) atoms. The largest absolute Gasteiger partial charge is 0.0625 e. The van der Waals surface area contributed by atoms with Crippen LogP contribution in [0.5, 0.6) is 0 Å². The van der Waals surface area contributed by atoms with Crippen molar-refractivity contribution in [3.8, 4) is 0 Å². The maximum atomic E-state index is 2.43. The van der Waals surface area contributed by atoms with Crippen LogP contribution in [0.25, 0.3) is 0 Å². The maximum absolute atomic E-state index is 2.43. The number of hydrogen-bond donors (Lipinski definition) is 0. The molecule has 0 amide bonds. The van der Waals surface area contributed by atoms with Crippen molar-refractivity contribution in [1.29, 1.82) is 0 Å². The zero-order chi connectivity index (χ0) is 13.4. The van der Waals surface area contributed by atoms with Gasteiger partial charge < -0.3 is 0 Å². The second-order valence-electron chi connectivity index (χ2n) is 8.84. The summed E-state index contributed by atoms with van der Waals surface area (Å²) in [7, 11) is 0. The highest BCUT2D eigenvalue weighted by atomic mass is 14.4. The minimum absolute atomic E-state index is 0.483. The predicted molar refractivity (Wildman–Crippen MR) is 78.1 cm³/mol. The standard InChI is InChI=1S/C17H34/c1-12(2)13-9-14(16(3,4)5)11-15(10-13)17(6,7)8/h12-15H,9-11H2,1-8H3. The van der Waals surface area contributed by atoms with Crippen LogP contribution in [0.3, 0.4) is 0 Å². The van der Waals surface area contributed by atoms with Crippen molar-refractivity contribution in [2.45, 2.75) is 74.7 Å². The van der Waals surface area contributed by atoms with E-state index in [4.69, 9.17) is 0 Å². The molecule has 0 heterocycles. The molecule has 0 bridgehead atoms. The fraction of sp³-hybridized carbons (Fsp3) is 1.00. The van der Waals surface area contributed by atoms with Gasteiger partial charge in [-0.05, 0) is 53.8 Å². The van der Waals surface area contributed by atoms with Gasteiger partial charge in [0, 0.05) is 0 Å². The van der Waals surface area contributed by atoms with Crippen LogP contribution in [-0.2, 0) is 0 Å². The van der Waals surface area contributed by atoms with Crippen molar-refractivity contribution in [1.82, 2.24) is 0 Å². The zero-order valence-electron chi connectivity index (χ0n) is 13.4. The molecule has 0 radical (unpaired) electrons. The monoisotopic (exact) mass is 238 g/mol. The van der Waals surface area contributed by atoms with E-state index < -0.39 is 0 Å². The van der Waals surface area contributed by atoms with E-state index in [1.165, 1.54) is 19.3 Å². The molecule has 2 atom stereocenters. The topological polar surface area (TPSA) is 0 Å². The first-order valence-electron chi connectivity index (χ1n) is 7.51. The molecule has 0 aromatic rings. The van der Waals surface area contributed by atoms with Gasteiger partial charge in [0.15, 0.2) is 0 Å². The van der Waals surface area contributed by atoms with Crippen LogP contribution in [0.15, 0.2) is 0 Å². The Labute approximate surface area is 110 Å². The van der Waals surface area contributed by atoms with Gasteiger partial charge in [0.2, 0.25) is 0 Å². The van der Waals surface area contributed by atoms with Crippen molar-refractivity contribution in [3.63, 3.8) is 0 Å². The van der Waals surface area contributed by atoms with Crippen LogP contribution < -0.4 is 0 Å². The minimum Gasteiger partial charge on any atom is -0.0625 e. The van der Waals surface area contributed by atoms with Crippen LogP contribution in [0.2, 0.25) is 0 Å². The molecule has 0 saturated heterocycles. The van der Waals surface area contributed by atoms with E-state index in [0.29, 0.717) is 10.8 Å². The Balaban J connectivity index is 2.84. The third-order valence-corrected chi connectivity index (χ3v) is 5.14. The van der Waals surface area contributed by atoms with E-state index in [2.05, 4.69) is 55.4 Å². The first-order chi connectivity index (χ1) is 7.51. The van der Waals surface area contributed by atoms with E-state index in [9.17, 15) is 0 Å². The normalized spacial score (nSPS) is 31.9. The molecular weight excluding hydrogens is 204 g/mol. The summed E-state index contributed by atoms with van der Waals surface area (Å²) in [6, 6.07) is 0. The molecule has 0 aromatic carbocycles. The molecule has 102 valence electrons. The number of rotatable bonds is 1. The van der Waals surface area contributed by atoms with Crippen molar-refractivity contribution in [3.05, 3.63) is 0 Å². The SMILES string of the molecule is CC(C)C1CC(C(C)(C)C)CC(C(C)(C)C)C1. The van der Waals surface area contributed by atoms with Crippen LogP contribution >= 0.6 is 0 Å². The highest BCUT2D eigenvalue weighted by Crippen LogP contribution is 2.49. The van der Waals surface area contributed by atoms with Gasteiger partial charge >= 0.3 is 0 Å². The van der Waals surface area contributed by atoms with Gasteiger partial charge in [-0.1, -0.05) is 55.4 Å². The molecular formula is C17H34. The Hall–Kier alpha value is 0. The second-order valence-corrected chi connectivity index (χ2v) is 8.84. The molecule has 1 aliphatic rings. The molecule has 1 aliphatic carbocycles. The Morgan fingerprint density at radius 1 is 0.706 bits per heavy atom. The summed E-state index contributed by atoms with van der Waals surface area (Å²) >= 11 is 0. The van der Waals surface area contributed by atoms with E-state index in [1.54, 1.807) is 0 Å². The van der Waals surface area contributed by atoms with Crippen LogP contribution in [0.4, 0.5) is 0 Å². The first-order valence-corrected chi connectivity index (χ1v) is 7.51. The molecule has 0 aromatic heterocycles. The van der Waals surface area contributed by atoms with Gasteiger partial charge in [-0.2, -0.15) is 0 Å². The van der Waals surface area contributed by atoms with Crippen LogP contribution in [-0.4, -0.2) is 0 Å². The average molecular weight is 238 g/mol. The molecule has 0 N–H and O–H groups in total. The van der Waals surface area contributed by atoms with E-state index in [-0.39, 0.29) is 0 Å². The van der Waals surface area contributed by atoms with E-state index in [0.717, 1.165) is 23.7 Å². The summed E-state index contributed by atoms with van der Waals surface area (Å²) in [5.41, 5.74) is 0.966. The molecule has 0 heteroatoms. The third kappa shape index (κ3) is 4.00. The van der Waals surface area contributed by atoms with Crippen LogP contribution in [0.1, 0.15) is 74.7 Å². The predicted octanol–water partition coefficient (Wildman–Crippen LogP) is 5.77. The highest BCUT2D eigenvalue weighted by Gasteiger charge is 2.39. The molecule has 1 fully saturated rings. The van der Waals surface area contributed by atoms with Gasteiger partial charge in [0.05, 0.1) is 0 Å². The average Bonchev–Trinajstić information content (AvgIpc) is 2.14. The summed E-state index contributed by atoms with van der Waals surface area (Å²) in [5, 5.41) is 0. The fourth-order valence-electron chi connectivity index (χ4n) is 3.32. The van der Waals surface area contributed by atoms with Crippen LogP contribution in [0, 0.1) is 34.5 Å². The summed E-state index contributed by atoms with van der Waals surface area (Å²) in [4.78, 5) is 0. The Morgan fingerprint density at radius 3 is 1.29 bits per heavy atom. The van der Waals surface area contributed by atoms with Crippen molar-refractivity contribution < 1.29 is 0 Å². The van der Waals surface area contributed by atoms with Gasteiger partial charge in [0.25, 0.3) is 0 Å². The number of hydrogen-bond acceptors (Lipinski definition) is 0. The summed E-state index contributed by atoms with van der Waals surface area (Å²) in [6.45, 7) is 19.4. The summed E-state index contributed by atoms with van der Waals surface area (Å²) < 4.78 is 0. The highest BCUT2D eigenvalue weighted by molar-refractivity contribution is 4.90. The lowest BCUT2D eigenvalue weighted by molar-refractivity contribution is 0.0348. The van der Waals surface area contributed by atoms with Gasteiger partial charge in [0.1, 0.15) is 0 Å². The van der Waals surface area contributed by atoms with Crippen molar-refractivity contribution >= 4 is 0 Å². The Kier molecular flexibility index (Phi) is 4.37. The van der Waals surface area contributed by atoms with Crippen molar-refractivity contribution in [2.24, 2.45) is 34.5 Å². The Morgan fingerprint density at radius 2 is 1.06 bits per heavy atom. The van der Waals surface area contributed by atoms with E-state index >= 15 is 0 Å². The summed E-state index contributed by atoms with van der Waals surface area (Å²) in [6.07, 6.45) is 4.34. The van der Waals surface area contributed by atoms with Gasteiger partial charge in [-0.25, -0.2) is 0 Å². The Bertz CT molecular complexity index is 214. The minimum atomic E-state index is 0.483. The quantitative estimate of drug-likeness (QED) is 0.544. The zero-order valence-corrected chi connectivity index (χ0v) is 13.4. The summed E-state index contributed by atoms with van der Waals surface area (Å²) in [5.74, 6) is 3.61. The first kappa shape index (κ1) is 15.1.